The number of fused-ring (bicyclic) bond motifs is 4. The first-order valence-corrected chi connectivity index (χ1v) is 12.2. The smallest absolute Gasteiger partial charge is 0.407 e. The van der Waals surface area contributed by atoms with Gasteiger partial charge in [0.05, 0.1) is 25.0 Å². The minimum Gasteiger partial charge on any atom is -0.481 e. The molecule has 0 radical (unpaired) electrons. The van der Waals surface area contributed by atoms with Crippen LogP contribution in [-0.4, -0.2) is 55.5 Å². The van der Waals surface area contributed by atoms with Crippen LogP contribution in [0.1, 0.15) is 42.7 Å². The number of rotatable bonds is 10. The van der Waals surface area contributed by atoms with Crippen molar-refractivity contribution in [3.63, 3.8) is 0 Å². The molecule has 2 amide bonds. The number of amides is 2. The Morgan fingerprint density at radius 3 is 2.34 bits per heavy atom. The number of aliphatic carboxylic acids is 1. The van der Waals surface area contributed by atoms with Crippen LogP contribution in [0.25, 0.3) is 11.1 Å². The molecular formula is C27H30N2O6. The minimum absolute atomic E-state index is 0.0128. The van der Waals surface area contributed by atoms with Gasteiger partial charge in [-0.1, -0.05) is 48.5 Å². The number of carboxylic acid groups (broad SMARTS) is 1. The molecule has 5 rings (SSSR count). The Morgan fingerprint density at radius 1 is 0.971 bits per heavy atom. The fourth-order valence-corrected chi connectivity index (χ4v) is 5.77. The number of carbonyl (C=O) groups excluding carboxylic acids is 2. The number of carbonyl (C=O) groups is 3. The highest BCUT2D eigenvalue weighted by Crippen LogP contribution is 2.63. The molecule has 3 atom stereocenters. The molecule has 2 aromatic carbocycles. The van der Waals surface area contributed by atoms with Gasteiger partial charge in [0.25, 0.3) is 0 Å². The lowest BCUT2D eigenvalue weighted by atomic mass is 9.98. The van der Waals surface area contributed by atoms with E-state index >= 15 is 0 Å². The van der Waals surface area contributed by atoms with Crippen molar-refractivity contribution in [2.75, 3.05) is 26.4 Å². The molecule has 35 heavy (non-hydrogen) atoms. The zero-order valence-corrected chi connectivity index (χ0v) is 19.5. The molecule has 0 spiro atoms. The number of alkyl carbamates (subject to hydrolysis) is 1. The van der Waals surface area contributed by atoms with Crippen molar-refractivity contribution in [3.8, 4) is 11.1 Å². The van der Waals surface area contributed by atoms with Gasteiger partial charge in [-0.05, 0) is 47.4 Å². The first kappa shape index (κ1) is 23.4. The molecule has 8 nitrogen and oxygen atoms in total. The molecule has 0 aliphatic heterocycles. The number of nitrogens with one attached hydrogen (secondary N) is 2. The van der Waals surface area contributed by atoms with E-state index in [0.29, 0.717) is 13.0 Å². The standard InChI is InChI=1S/C27H30N2O6/c30-24(31)9-11-34-12-10-28-25(32)27-14-17(27)13-18(15-27)29-26(33)35-16-23-21-7-3-1-5-19(21)20-6-2-4-8-22(20)23/h1-8,17-18,23H,9-16H2,(H,28,32)(H,29,33)(H,30,31). The van der Waals surface area contributed by atoms with Gasteiger partial charge in [-0.15, -0.1) is 0 Å². The van der Waals surface area contributed by atoms with Crippen molar-refractivity contribution >= 4 is 18.0 Å². The number of ether oxygens (including phenoxy) is 2. The van der Waals surface area contributed by atoms with E-state index in [1.807, 2.05) is 24.3 Å². The van der Waals surface area contributed by atoms with Crippen molar-refractivity contribution in [1.29, 1.82) is 0 Å². The lowest BCUT2D eigenvalue weighted by molar-refractivity contribution is -0.138. The molecule has 2 aromatic rings. The second-order valence-corrected chi connectivity index (χ2v) is 9.68. The van der Waals surface area contributed by atoms with Crippen LogP contribution in [0, 0.1) is 11.3 Å². The number of hydrogen-bond acceptors (Lipinski definition) is 5. The van der Waals surface area contributed by atoms with Gasteiger partial charge in [0.15, 0.2) is 0 Å². The summed E-state index contributed by atoms with van der Waals surface area (Å²) in [6.45, 7) is 1.02. The lowest BCUT2D eigenvalue weighted by Crippen LogP contribution is -2.39. The van der Waals surface area contributed by atoms with E-state index in [0.717, 1.165) is 12.8 Å². The summed E-state index contributed by atoms with van der Waals surface area (Å²) in [7, 11) is 0. The zero-order valence-electron chi connectivity index (χ0n) is 19.5. The highest BCUT2D eigenvalue weighted by Gasteiger charge is 2.65. The number of carboxylic acids is 1. The summed E-state index contributed by atoms with van der Waals surface area (Å²) in [5.41, 5.74) is 4.31. The summed E-state index contributed by atoms with van der Waals surface area (Å²) in [6, 6.07) is 16.4. The molecule has 0 aromatic heterocycles. The summed E-state index contributed by atoms with van der Waals surface area (Å²) >= 11 is 0. The highest BCUT2D eigenvalue weighted by molar-refractivity contribution is 5.87. The maximum Gasteiger partial charge on any atom is 0.407 e. The van der Waals surface area contributed by atoms with Crippen LogP contribution in [-0.2, 0) is 19.1 Å². The van der Waals surface area contributed by atoms with Crippen LogP contribution in [0.2, 0.25) is 0 Å². The zero-order chi connectivity index (χ0) is 24.4. The fourth-order valence-electron chi connectivity index (χ4n) is 5.77. The Balaban J connectivity index is 1.08. The third-order valence-electron chi connectivity index (χ3n) is 7.52. The lowest BCUT2D eigenvalue weighted by Gasteiger charge is -2.19. The second kappa shape index (κ2) is 9.70. The van der Waals surface area contributed by atoms with E-state index < -0.39 is 17.5 Å². The first-order chi connectivity index (χ1) is 17.0. The quantitative estimate of drug-likeness (QED) is 0.452. The number of benzene rings is 2. The van der Waals surface area contributed by atoms with Crippen LogP contribution in [0.3, 0.4) is 0 Å². The Bertz CT molecular complexity index is 1090. The molecular weight excluding hydrogens is 448 g/mol. The maximum atomic E-state index is 12.7. The van der Waals surface area contributed by atoms with Crippen LogP contribution in [0.15, 0.2) is 48.5 Å². The van der Waals surface area contributed by atoms with Crippen molar-refractivity contribution in [3.05, 3.63) is 59.7 Å². The van der Waals surface area contributed by atoms with Crippen LogP contribution >= 0.6 is 0 Å². The van der Waals surface area contributed by atoms with Crippen molar-refractivity contribution in [2.45, 2.75) is 37.6 Å². The SMILES string of the molecule is O=C(O)CCOCCNC(=O)C12CC(NC(=O)OCC3c4ccccc4-c4ccccc43)CC1C2. The second-order valence-electron chi connectivity index (χ2n) is 9.68. The summed E-state index contributed by atoms with van der Waals surface area (Å²) in [6.07, 6.45) is 1.71. The van der Waals surface area contributed by atoms with Gasteiger partial charge in [-0.2, -0.15) is 0 Å². The predicted octanol–water partition coefficient (Wildman–Crippen LogP) is 3.30. The first-order valence-electron chi connectivity index (χ1n) is 12.2. The summed E-state index contributed by atoms with van der Waals surface area (Å²) < 4.78 is 10.9. The highest BCUT2D eigenvalue weighted by atomic mass is 16.5. The Kier molecular flexibility index (Phi) is 6.47. The molecule has 8 heteroatoms. The van der Waals surface area contributed by atoms with Gasteiger partial charge in [0.1, 0.15) is 6.61 Å². The molecule has 0 bridgehead atoms. The normalized spacial score (nSPS) is 23.7. The van der Waals surface area contributed by atoms with Crippen LogP contribution in [0.4, 0.5) is 4.79 Å². The van der Waals surface area contributed by atoms with Crippen LogP contribution in [0.5, 0.6) is 0 Å². The average Bonchev–Trinajstić information content (AvgIpc) is 3.27. The van der Waals surface area contributed by atoms with E-state index in [1.165, 1.54) is 22.3 Å². The van der Waals surface area contributed by atoms with Gasteiger partial charge < -0.3 is 25.2 Å². The minimum atomic E-state index is -0.908. The van der Waals surface area contributed by atoms with Gasteiger partial charge >= 0.3 is 12.1 Å². The molecule has 2 saturated carbocycles. The number of hydrogen-bond donors (Lipinski definition) is 3. The van der Waals surface area contributed by atoms with Crippen molar-refractivity contribution in [2.24, 2.45) is 11.3 Å². The molecule has 0 saturated heterocycles. The largest absolute Gasteiger partial charge is 0.481 e. The third-order valence-corrected chi connectivity index (χ3v) is 7.52. The third kappa shape index (κ3) is 4.75. The molecule has 3 N–H and O–H groups in total. The fraction of sp³-hybridized carbons (Fsp3) is 0.444. The summed E-state index contributed by atoms with van der Waals surface area (Å²) in [5, 5.41) is 14.5. The maximum absolute atomic E-state index is 12.7. The molecule has 3 aliphatic rings. The van der Waals surface area contributed by atoms with E-state index in [4.69, 9.17) is 14.6 Å². The van der Waals surface area contributed by atoms with E-state index in [9.17, 15) is 14.4 Å². The van der Waals surface area contributed by atoms with Gasteiger partial charge in [0, 0.05) is 18.5 Å². The summed E-state index contributed by atoms with van der Waals surface area (Å²) in [4.78, 5) is 35.8. The Morgan fingerprint density at radius 2 is 1.66 bits per heavy atom. The molecule has 2 fully saturated rings. The van der Waals surface area contributed by atoms with E-state index in [2.05, 4.69) is 34.9 Å². The predicted molar refractivity (Wildman–Crippen MR) is 128 cm³/mol. The average molecular weight is 479 g/mol. The molecule has 184 valence electrons. The summed E-state index contributed by atoms with van der Waals surface area (Å²) in [5.74, 6) is -0.634. The van der Waals surface area contributed by atoms with Gasteiger partial charge in [0.2, 0.25) is 5.91 Å². The van der Waals surface area contributed by atoms with E-state index in [1.54, 1.807) is 0 Å². The van der Waals surface area contributed by atoms with Crippen molar-refractivity contribution < 1.29 is 29.0 Å². The Hall–Kier alpha value is -3.39. The van der Waals surface area contributed by atoms with Crippen molar-refractivity contribution in [1.82, 2.24) is 10.6 Å². The van der Waals surface area contributed by atoms with E-state index in [-0.39, 0.29) is 50.0 Å². The van der Waals surface area contributed by atoms with Crippen LogP contribution < -0.4 is 10.6 Å². The Labute approximate surface area is 204 Å². The van der Waals surface area contributed by atoms with Gasteiger partial charge in [-0.3, -0.25) is 9.59 Å². The topological polar surface area (TPSA) is 114 Å². The monoisotopic (exact) mass is 478 g/mol. The molecule has 3 aliphatic carbocycles. The molecule has 3 unspecified atom stereocenters. The van der Waals surface area contributed by atoms with Gasteiger partial charge in [-0.25, -0.2) is 4.79 Å². The molecule has 0 heterocycles.